The smallest absolute Gasteiger partial charge is 1.00 e. The largest absolute Gasteiger partial charge is 2.00 e. The topological polar surface area (TPSA) is 43.4 Å². The molecule has 0 saturated heterocycles. The van der Waals surface area contributed by atoms with E-state index in [9.17, 15) is 9.59 Å². The van der Waals surface area contributed by atoms with Gasteiger partial charge in [0.15, 0.2) is 0 Å². The van der Waals surface area contributed by atoms with E-state index < -0.39 is 0 Å². The number of fused-ring (bicyclic) bond motifs is 2. The van der Waals surface area contributed by atoms with Gasteiger partial charge in [-0.15, -0.1) is 0 Å². The van der Waals surface area contributed by atoms with E-state index in [0.29, 0.717) is 5.57 Å². The Hall–Kier alpha value is -2.66. The number of rotatable bonds is 4. The second kappa shape index (κ2) is 14.5. The average molecular weight is 471 g/mol. The third-order valence-corrected chi connectivity index (χ3v) is 4.78. The Bertz CT molecular complexity index is 1220. The van der Waals surface area contributed by atoms with Crippen molar-refractivity contribution < 1.29 is 26.7 Å². The van der Waals surface area contributed by atoms with Gasteiger partial charge in [0.1, 0.15) is 12.4 Å². The molecule has 3 nitrogen and oxygen atoms in total. The number of aldehydes is 1. The van der Waals surface area contributed by atoms with Gasteiger partial charge in [0, 0.05) is 11.1 Å². The zero-order valence-electron chi connectivity index (χ0n) is 19.3. The van der Waals surface area contributed by atoms with E-state index in [4.69, 9.17) is 4.74 Å². The van der Waals surface area contributed by atoms with Crippen LogP contribution in [0.15, 0.2) is 97.1 Å². The minimum Gasteiger partial charge on any atom is -1.00 e. The van der Waals surface area contributed by atoms with Crippen molar-refractivity contribution in [3.8, 4) is 0 Å². The Morgan fingerprint density at radius 2 is 1.33 bits per heavy atom. The van der Waals surface area contributed by atoms with Crippen molar-refractivity contribution in [3.05, 3.63) is 116 Å². The molecular weight excluding hydrogens is 444 g/mol. The summed E-state index contributed by atoms with van der Waals surface area (Å²) in [5.74, 6) is -0.351. The number of esters is 1. The molecule has 1 atom stereocenters. The van der Waals surface area contributed by atoms with Gasteiger partial charge in [0.2, 0.25) is 0 Å². The first kappa shape index (κ1) is 30.3. The predicted molar refractivity (Wildman–Crippen MR) is 135 cm³/mol. The van der Waals surface area contributed by atoms with Crippen molar-refractivity contribution in [1.82, 2.24) is 0 Å². The molecule has 0 saturated carbocycles. The van der Waals surface area contributed by atoms with Crippen LogP contribution in [0.2, 0.25) is 0 Å². The van der Waals surface area contributed by atoms with Crippen LogP contribution in [0.1, 0.15) is 35.9 Å². The summed E-state index contributed by atoms with van der Waals surface area (Å²) in [6.07, 6.45) is 0.603. The van der Waals surface area contributed by atoms with Gasteiger partial charge >= 0.3 is 29.0 Å². The second-order valence-electron chi connectivity index (χ2n) is 7.16. The van der Waals surface area contributed by atoms with Crippen LogP contribution in [0.5, 0.6) is 0 Å². The zero-order chi connectivity index (χ0) is 21.5. The summed E-state index contributed by atoms with van der Waals surface area (Å²) in [7, 11) is 0. The third kappa shape index (κ3) is 8.32. The fourth-order valence-electron chi connectivity index (χ4n) is 3.07. The summed E-state index contributed by atoms with van der Waals surface area (Å²) < 4.78 is 5.31. The summed E-state index contributed by atoms with van der Waals surface area (Å²) in [5, 5.41) is 4.61. The molecule has 4 aromatic rings. The zero-order valence-corrected chi connectivity index (χ0v) is 21.4. The number of hydrogen-bond donors (Lipinski definition) is 0. The molecule has 5 heteroatoms. The molecule has 0 bridgehead atoms. The van der Waals surface area contributed by atoms with Gasteiger partial charge in [-0.1, -0.05) is 79.4 Å². The first-order valence-corrected chi connectivity index (χ1v) is 9.77. The van der Waals surface area contributed by atoms with Crippen molar-refractivity contribution in [3.63, 3.8) is 0 Å². The van der Waals surface area contributed by atoms with E-state index in [2.05, 4.69) is 12.6 Å². The summed E-state index contributed by atoms with van der Waals surface area (Å²) in [5.41, 5.74) is 2.14. The summed E-state index contributed by atoms with van der Waals surface area (Å²) in [6.45, 7) is 7.09. The van der Waals surface area contributed by atoms with Crippen LogP contribution in [-0.2, 0) is 9.53 Å². The van der Waals surface area contributed by atoms with Gasteiger partial charge in [-0.25, -0.2) is 4.79 Å². The quantitative estimate of drug-likeness (QED) is 0.150. The normalized spacial score (nSPS) is 10.2. The summed E-state index contributed by atoms with van der Waals surface area (Å²) >= 11 is 0. The number of carbonyl (C=O) groups is 2. The van der Waals surface area contributed by atoms with Gasteiger partial charge in [-0.3, -0.25) is 4.79 Å². The fourth-order valence-corrected chi connectivity index (χ4v) is 3.07. The van der Waals surface area contributed by atoms with Gasteiger partial charge < -0.3 is 24.6 Å². The van der Waals surface area contributed by atoms with E-state index in [0.717, 1.165) is 28.2 Å². The standard InChI is InChI=1S/C16H16O2.C11H8O.CH3.ClH.Mg/c1-11(2)16(17)18-12(3)14-9-8-13-6-4-5-7-15(13)10-14;12-8-9-5-6-10-3-1-2-4-11(10)7-9;;;/h4-10,12H,1H2,2-3H3;1-8H;1H3;1H;/q;;-1;;+2/p-1. The van der Waals surface area contributed by atoms with E-state index in [1.54, 1.807) is 6.92 Å². The van der Waals surface area contributed by atoms with E-state index in [1.807, 2.05) is 85.8 Å². The molecule has 4 rings (SSSR count). The molecule has 0 spiro atoms. The Morgan fingerprint density at radius 1 is 0.848 bits per heavy atom. The maximum atomic E-state index is 11.5. The minimum atomic E-state index is -0.351. The van der Waals surface area contributed by atoms with Crippen LogP contribution in [0.25, 0.3) is 21.5 Å². The van der Waals surface area contributed by atoms with Crippen LogP contribution >= 0.6 is 0 Å². The maximum Gasteiger partial charge on any atom is 2.00 e. The van der Waals surface area contributed by atoms with Crippen molar-refractivity contribution in [2.45, 2.75) is 20.0 Å². The molecule has 0 aliphatic carbocycles. The van der Waals surface area contributed by atoms with Gasteiger partial charge in [0.25, 0.3) is 0 Å². The first-order valence-electron chi connectivity index (χ1n) is 9.77. The fraction of sp³-hybridized carbons (Fsp3) is 0.107. The van der Waals surface area contributed by atoms with E-state index >= 15 is 0 Å². The Balaban J connectivity index is 0.000000603. The molecule has 0 radical (unpaired) electrons. The molecular formula is C28H27ClMgO3. The van der Waals surface area contributed by atoms with Crippen molar-refractivity contribution in [2.75, 3.05) is 0 Å². The van der Waals surface area contributed by atoms with Crippen molar-refractivity contribution >= 4 is 56.9 Å². The molecule has 0 aliphatic rings. The molecule has 1 unspecified atom stereocenters. The van der Waals surface area contributed by atoms with E-state index in [-0.39, 0.29) is 55.0 Å². The van der Waals surface area contributed by atoms with Crippen LogP contribution in [-0.4, -0.2) is 35.3 Å². The van der Waals surface area contributed by atoms with Crippen molar-refractivity contribution in [1.29, 1.82) is 0 Å². The summed E-state index contributed by atoms with van der Waals surface area (Å²) in [4.78, 5) is 21.9. The molecule has 33 heavy (non-hydrogen) atoms. The van der Waals surface area contributed by atoms with Crippen LogP contribution in [0, 0.1) is 7.43 Å². The minimum absolute atomic E-state index is 0. The number of ether oxygens (including phenoxy) is 1. The first-order chi connectivity index (χ1) is 14.5. The molecule has 0 heterocycles. The van der Waals surface area contributed by atoms with Crippen molar-refractivity contribution in [2.24, 2.45) is 0 Å². The van der Waals surface area contributed by atoms with E-state index in [1.165, 1.54) is 10.8 Å². The van der Waals surface area contributed by atoms with Gasteiger partial charge in [-0.2, -0.15) is 0 Å². The SMILES string of the molecule is C=C(C)C(=O)OC(C)c1ccc2ccccc2c1.O=Cc1ccc2ccccc2c1.[CH3-].[Cl-].[Mg+2]. The number of benzene rings is 4. The third-order valence-electron chi connectivity index (χ3n) is 4.78. The molecule has 0 fully saturated rings. The van der Waals surface area contributed by atoms with Crippen LogP contribution in [0.3, 0.4) is 0 Å². The molecule has 0 aromatic heterocycles. The van der Waals surface area contributed by atoms with Crippen LogP contribution < -0.4 is 12.4 Å². The van der Waals surface area contributed by atoms with Gasteiger partial charge in [0.05, 0.1) is 0 Å². The maximum absolute atomic E-state index is 11.5. The van der Waals surface area contributed by atoms with Crippen LogP contribution in [0.4, 0.5) is 0 Å². The number of halogens is 1. The Labute approximate surface area is 218 Å². The van der Waals surface area contributed by atoms with Gasteiger partial charge in [-0.05, 0) is 53.1 Å². The monoisotopic (exact) mass is 470 g/mol. The Morgan fingerprint density at radius 3 is 1.85 bits per heavy atom. The predicted octanol–water partition coefficient (Wildman–Crippen LogP) is 3.75. The second-order valence-corrected chi connectivity index (χ2v) is 7.16. The number of carbonyl (C=O) groups excluding carboxylic acids is 2. The number of hydrogen-bond acceptors (Lipinski definition) is 3. The summed E-state index contributed by atoms with van der Waals surface area (Å²) in [6, 6.07) is 27.8. The molecule has 166 valence electrons. The molecule has 0 amide bonds. The molecule has 0 N–H and O–H groups in total. The molecule has 4 aromatic carbocycles. The molecule has 0 aliphatic heterocycles. The average Bonchev–Trinajstić information content (AvgIpc) is 2.78. The Kier molecular flexibility index (Phi) is 13.3.